The van der Waals surface area contributed by atoms with Crippen LogP contribution in [0.5, 0.6) is 0 Å². The van der Waals surface area contributed by atoms with Crippen LogP contribution in [0.3, 0.4) is 0 Å². The van der Waals surface area contributed by atoms with Gasteiger partial charge in [-0.15, -0.1) is 11.8 Å². The van der Waals surface area contributed by atoms with Crippen molar-refractivity contribution in [2.45, 2.75) is 18.2 Å². The van der Waals surface area contributed by atoms with Crippen LogP contribution in [0.25, 0.3) is 0 Å². The lowest BCUT2D eigenvalue weighted by Crippen LogP contribution is -2.14. The third-order valence-electron chi connectivity index (χ3n) is 2.99. The van der Waals surface area contributed by atoms with Crippen LogP contribution in [0.1, 0.15) is 12.5 Å². The second kappa shape index (κ2) is 7.66. The average Bonchev–Trinajstić information content (AvgIpc) is 2.49. The number of carbonyl (C=O) groups is 2. The molecular formula is C17H18N2O2S. The Morgan fingerprint density at radius 2 is 1.73 bits per heavy atom. The summed E-state index contributed by atoms with van der Waals surface area (Å²) in [5.74, 6) is -0.176. The number of hydrogen-bond acceptors (Lipinski definition) is 3. The Morgan fingerprint density at radius 3 is 2.36 bits per heavy atom. The zero-order valence-corrected chi connectivity index (χ0v) is 13.4. The third kappa shape index (κ3) is 4.93. The van der Waals surface area contributed by atoms with Crippen molar-refractivity contribution in [3.8, 4) is 0 Å². The molecule has 0 bridgehead atoms. The summed E-state index contributed by atoms with van der Waals surface area (Å²) in [4.78, 5) is 24.1. The summed E-state index contributed by atoms with van der Waals surface area (Å²) in [5, 5.41) is 5.59. The molecular weight excluding hydrogens is 296 g/mol. The Morgan fingerprint density at radius 1 is 1.00 bits per heavy atom. The van der Waals surface area contributed by atoms with Gasteiger partial charge in [0.05, 0.1) is 6.42 Å². The lowest BCUT2D eigenvalue weighted by atomic mass is 10.1. The molecule has 2 amide bonds. The topological polar surface area (TPSA) is 58.2 Å². The van der Waals surface area contributed by atoms with Crippen molar-refractivity contribution >= 4 is 35.0 Å². The summed E-state index contributed by atoms with van der Waals surface area (Å²) in [5.41, 5.74) is 2.42. The van der Waals surface area contributed by atoms with Gasteiger partial charge in [0.2, 0.25) is 11.8 Å². The van der Waals surface area contributed by atoms with Gasteiger partial charge in [0.1, 0.15) is 0 Å². The molecule has 0 saturated carbocycles. The highest BCUT2D eigenvalue weighted by atomic mass is 32.2. The molecule has 0 aliphatic heterocycles. The van der Waals surface area contributed by atoms with Crippen molar-refractivity contribution in [2.24, 2.45) is 0 Å². The van der Waals surface area contributed by atoms with Crippen molar-refractivity contribution in [1.29, 1.82) is 0 Å². The van der Waals surface area contributed by atoms with Gasteiger partial charge in [-0.25, -0.2) is 0 Å². The van der Waals surface area contributed by atoms with E-state index in [1.54, 1.807) is 23.9 Å². The quantitative estimate of drug-likeness (QED) is 0.830. The highest BCUT2D eigenvalue weighted by Gasteiger charge is 2.05. The van der Waals surface area contributed by atoms with Crippen LogP contribution < -0.4 is 10.6 Å². The summed E-state index contributed by atoms with van der Waals surface area (Å²) in [7, 11) is 0. The minimum Gasteiger partial charge on any atom is -0.326 e. The standard InChI is InChI=1S/C17H18N2O2S/c1-12(20)18-14-8-6-13(7-9-14)10-17(21)19-15-4-3-5-16(11-15)22-2/h3-9,11H,10H2,1-2H3,(H,18,20)(H,19,21). The second-order valence-corrected chi connectivity index (χ2v) is 5.71. The van der Waals surface area contributed by atoms with Crippen LogP contribution >= 0.6 is 11.8 Å². The van der Waals surface area contributed by atoms with E-state index in [0.29, 0.717) is 6.42 Å². The first-order valence-corrected chi connectivity index (χ1v) is 8.10. The van der Waals surface area contributed by atoms with Crippen molar-refractivity contribution in [3.05, 3.63) is 54.1 Å². The van der Waals surface area contributed by atoms with Crippen molar-refractivity contribution in [2.75, 3.05) is 16.9 Å². The van der Waals surface area contributed by atoms with E-state index in [1.165, 1.54) is 6.92 Å². The van der Waals surface area contributed by atoms with Crippen LogP contribution in [-0.4, -0.2) is 18.1 Å². The molecule has 2 rings (SSSR count). The van der Waals surface area contributed by atoms with Crippen LogP contribution in [0, 0.1) is 0 Å². The lowest BCUT2D eigenvalue weighted by Gasteiger charge is -2.07. The molecule has 22 heavy (non-hydrogen) atoms. The molecule has 0 aliphatic carbocycles. The smallest absolute Gasteiger partial charge is 0.228 e. The minimum absolute atomic E-state index is 0.0643. The highest BCUT2D eigenvalue weighted by molar-refractivity contribution is 7.98. The molecule has 0 heterocycles. The molecule has 5 heteroatoms. The maximum Gasteiger partial charge on any atom is 0.228 e. The Balaban J connectivity index is 1.95. The maximum absolute atomic E-state index is 12.1. The van der Waals surface area contributed by atoms with E-state index in [-0.39, 0.29) is 11.8 Å². The fourth-order valence-corrected chi connectivity index (χ4v) is 2.46. The van der Waals surface area contributed by atoms with Gasteiger partial charge in [-0.3, -0.25) is 9.59 Å². The SMILES string of the molecule is CSc1cccc(NC(=O)Cc2ccc(NC(C)=O)cc2)c1. The van der Waals surface area contributed by atoms with E-state index >= 15 is 0 Å². The zero-order chi connectivity index (χ0) is 15.9. The summed E-state index contributed by atoms with van der Waals surface area (Å²) in [6.45, 7) is 1.46. The largest absolute Gasteiger partial charge is 0.326 e. The summed E-state index contributed by atoms with van der Waals surface area (Å²) >= 11 is 1.63. The van der Waals surface area contributed by atoms with Crippen LogP contribution in [0.2, 0.25) is 0 Å². The Labute approximate surface area is 134 Å². The summed E-state index contributed by atoms with van der Waals surface area (Å²) in [6, 6.07) is 15.0. The highest BCUT2D eigenvalue weighted by Crippen LogP contribution is 2.19. The average molecular weight is 314 g/mol. The monoisotopic (exact) mass is 314 g/mol. The number of anilines is 2. The van der Waals surface area contributed by atoms with E-state index < -0.39 is 0 Å². The van der Waals surface area contributed by atoms with Crippen LogP contribution in [0.15, 0.2) is 53.4 Å². The van der Waals surface area contributed by atoms with E-state index in [0.717, 1.165) is 21.8 Å². The molecule has 2 aromatic carbocycles. The first-order chi connectivity index (χ1) is 10.6. The van der Waals surface area contributed by atoms with Gasteiger partial charge in [-0.1, -0.05) is 18.2 Å². The van der Waals surface area contributed by atoms with E-state index in [1.807, 2.05) is 42.7 Å². The Bertz CT molecular complexity index is 669. The molecule has 0 saturated heterocycles. The number of hydrogen-bond donors (Lipinski definition) is 2. The molecule has 0 spiro atoms. The molecule has 0 atom stereocenters. The molecule has 114 valence electrons. The molecule has 0 unspecified atom stereocenters. The van der Waals surface area contributed by atoms with Gasteiger partial charge in [0.25, 0.3) is 0 Å². The minimum atomic E-state index is -0.112. The van der Waals surface area contributed by atoms with Gasteiger partial charge < -0.3 is 10.6 Å². The first kappa shape index (κ1) is 16.1. The summed E-state index contributed by atoms with van der Waals surface area (Å²) < 4.78 is 0. The maximum atomic E-state index is 12.1. The van der Waals surface area contributed by atoms with Crippen LogP contribution in [0.4, 0.5) is 11.4 Å². The van der Waals surface area contributed by atoms with Gasteiger partial charge in [-0.2, -0.15) is 0 Å². The second-order valence-electron chi connectivity index (χ2n) is 4.84. The number of rotatable bonds is 5. The Kier molecular flexibility index (Phi) is 5.61. The summed E-state index contributed by atoms with van der Waals surface area (Å²) in [6.07, 6.45) is 2.29. The predicted octanol–water partition coefficient (Wildman–Crippen LogP) is 3.55. The number of benzene rings is 2. The Hall–Kier alpha value is -2.27. The molecule has 2 N–H and O–H groups in total. The van der Waals surface area contributed by atoms with E-state index in [9.17, 15) is 9.59 Å². The van der Waals surface area contributed by atoms with Gasteiger partial charge >= 0.3 is 0 Å². The molecule has 0 aromatic heterocycles. The number of thioether (sulfide) groups is 1. The molecule has 0 radical (unpaired) electrons. The lowest BCUT2D eigenvalue weighted by molar-refractivity contribution is -0.116. The zero-order valence-electron chi connectivity index (χ0n) is 12.6. The normalized spacial score (nSPS) is 10.1. The third-order valence-corrected chi connectivity index (χ3v) is 3.72. The van der Waals surface area contributed by atoms with Gasteiger partial charge in [0.15, 0.2) is 0 Å². The molecule has 4 nitrogen and oxygen atoms in total. The fourth-order valence-electron chi connectivity index (χ4n) is 2.00. The molecule has 0 fully saturated rings. The van der Waals surface area contributed by atoms with Gasteiger partial charge in [0, 0.05) is 23.2 Å². The fraction of sp³-hybridized carbons (Fsp3) is 0.176. The van der Waals surface area contributed by atoms with Crippen molar-refractivity contribution in [1.82, 2.24) is 0 Å². The van der Waals surface area contributed by atoms with Crippen molar-refractivity contribution in [3.63, 3.8) is 0 Å². The van der Waals surface area contributed by atoms with E-state index in [2.05, 4.69) is 10.6 Å². The first-order valence-electron chi connectivity index (χ1n) is 6.87. The van der Waals surface area contributed by atoms with E-state index in [4.69, 9.17) is 0 Å². The number of amides is 2. The number of carbonyl (C=O) groups excluding carboxylic acids is 2. The molecule has 0 aliphatic rings. The molecule has 2 aromatic rings. The van der Waals surface area contributed by atoms with Crippen molar-refractivity contribution < 1.29 is 9.59 Å². The van der Waals surface area contributed by atoms with Crippen LogP contribution in [-0.2, 0) is 16.0 Å². The number of nitrogens with one attached hydrogen (secondary N) is 2. The predicted molar refractivity (Wildman–Crippen MR) is 91.3 cm³/mol. The van der Waals surface area contributed by atoms with Gasteiger partial charge in [-0.05, 0) is 42.2 Å².